The van der Waals surface area contributed by atoms with Crippen LogP contribution in [0.1, 0.15) is 25.7 Å². The Kier molecular flexibility index (Phi) is 3.66. The molecule has 0 spiro atoms. The lowest BCUT2D eigenvalue weighted by molar-refractivity contribution is 0.129. The number of amidine groups is 1. The molecule has 2 heterocycles. The van der Waals surface area contributed by atoms with Gasteiger partial charge >= 0.3 is 0 Å². The Morgan fingerprint density at radius 2 is 1.88 bits per heavy atom. The van der Waals surface area contributed by atoms with E-state index in [9.17, 15) is 0 Å². The Bertz CT molecular complexity index is 257. The first-order chi connectivity index (χ1) is 7.72. The van der Waals surface area contributed by atoms with Crippen molar-refractivity contribution in [2.45, 2.75) is 37.8 Å². The average molecular weight is 225 g/mol. The third-order valence-corrected chi connectivity index (χ3v) is 3.94. The lowest BCUT2D eigenvalue weighted by Crippen LogP contribution is -2.50. The van der Waals surface area contributed by atoms with Crippen molar-refractivity contribution in [1.29, 1.82) is 0 Å². The van der Waals surface area contributed by atoms with Crippen molar-refractivity contribution in [2.24, 2.45) is 16.7 Å². The van der Waals surface area contributed by atoms with Crippen LogP contribution in [0, 0.1) is 0 Å². The van der Waals surface area contributed by atoms with Crippen LogP contribution in [-0.2, 0) is 0 Å². The van der Waals surface area contributed by atoms with Crippen LogP contribution in [0.2, 0.25) is 0 Å². The molecule has 2 saturated heterocycles. The van der Waals surface area contributed by atoms with E-state index in [1.807, 2.05) is 0 Å². The van der Waals surface area contributed by atoms with Gasteiger partial charge in [0.05, 0.1) is 6.04 Å². The van der Waals surface area contributed by atoms with Gasteiger partial charge in [-0.25, -0.2) is 0 Å². The van der Waals surface area contributed by atoms with E-state index in [1.54, 1.807) is 0 Å². The molecule has 0 aromatic carbocycles. The number of hydrogen-bond acceptors (Lipinski definition) is 4. The maximum atomic E-state index is 5.88. The number of rotatable bonds is 2. The van der Waals surface area contributed by atoms with Gasteiger partial charge in [-0.15, -0.1) is 0 Å². The minimum atomic E-state index is 0.290. The Hall–Kier alpha value is -0.810. The molecule has 1 unspecified atom stereocenters. The molecule has 5 heteroatoms. The highest BCUT2D eigenvalue weighted by molar-refractivity contribution is 5.85. The molecular weight excluding hydrogens is 202 g/mol. The summed E-state index contributed by atoms with van der Waals surface area (Å²) in [6, 6.07) is 0.961. The largest absolute Gasteiger partial charge is 0.384 e. The minimum Gasteiger partial charge on any atom is -0.384 e. The Balaban J connectivity index is 1.97. The molecule has 2 aliphatic heterocycles. The third-order valence-electron chi connectivity index (χ3n) is 3.94. The van der Waals surface area contributed by atoms with Gasteiger partial charge in [0.25, 0.3) is 0 Å². The zero-order chi connectivity index (χ0) is 11.5. The lowest BCUT2D eigenvalue weighted by Gasteiger charge is -2.37. The highest BCUT2D eigenvalue weighted by Gasteiger charge is 2.34. The summed E-state index contributed by atoms with van der Waals surface area (Å²) in [5.41, 5.74) is 5.88. The summed E-state index contributed by atoms with van der Waals surface area (Å²) in [7, 11) is 2.19. The van der Waals surface area contributed by atoms with Gasteiger partial charge in [-0.2, -0.15) is 5.10 Å². The Labute approximate surface area is 97.4 Å². The molecule has 0 radical (unpaired) electrons. The Morgan fingerprint density at radius 1 is 1.19 bits per heavy atom. The van der Waals surface area contributed by atoms with E-state index < -0.39 is 0 Å². The molecule has 0 bridgehead atoms. The van der Waals surface area contributed by atoms with Crippen molar-refractivity contribution >= 4 is 5.84 Å². The van der Waals surface area contributed by atoms with Crippen LogP contribution in [-0.4, -0.2) is 54.4 Å². The van der Waals surface area contributed by atoms with Crippen molar-refractivity contribution in [3.8, 4) is 0 Å². The van der Waals surface area contributed by atoms with E-state index in [0.29, 0.717) is 17.9 Å². The van der Waals surface area contributed by atoms with E-state index in [2.05, 4.69) is 21.9 Å². The minimum absolute atomic E-state index is 0.290. The first-order valence-electron chi connectivity index (χ1n) is 6.20. The first-order valence-corrected chi connectivity index (χ1v) is 6.20. The number of likely N-dealkylation sites (tertiary alicyclic amines) is 2. The molecule has 2 rings (SSSR count). The predicted octanol–water partition coefficient (Wildman–Crippen LogP) is -0.224. The second-order valence-corrected chi connectivity index (χ2v) is 4.98. The van der Waals surface area contributed by atoms with Crippen LogP contribution in [0.15, 0.2) is 5.10 Å². The molecule has 0 saturated carbocycles. The number of piperidine rings is 1. The maximum Gasteiger partial charge on any atom is 0.136 e. The summed E-state index contributed by atoms with van der Waals surface area (Å²) < 4.78 is 0. The lowest BCUT2D eigenvalue weighted by atomic mass is 10.0. The topological polar surface area (TPSA) is 70.9 Å². The van der Waals surface area contributed by atoms with Crippen LogP contribution < -0.4 is 11.6 Å². The highest BCUT2D eigenvalue weighted by atomic mass is 15.3. The van der Waals surface area contributed by atoms with Crippen LogP contribution in [0.5, 0.6) is 0 Å². The molecule has 0 aromatic rings. The van der Waals surface area contributed by atoms with Crippen LogP contribution in [0.25, 0.3) is 0 Å². The molecule has 0 amide bonds. The van der Waals surface area contributed by atoms with Crippen molar-refractivity contribution in [2.75, 3.05) is 26.7 Å². The molecule has 16 heavy (non-hydrogen) atoms. The first kappa shape index (κ1) is 11.7. The fraction of sp³-hybridized carbons (Fsp3) is 0.909. The van der Waals surface area contributed by atoms with Crippen molar-refractivity contribution < 1.29 is 0 Å². The third kappa shape index (κ3) is 2.30. The van der Waals surface area contributed by atoms with E-state index in [0.717, 1.165) is 13.0 Å². The molecule has 0 aliphatic carbocycles. The molecule has 5 nitrogen and oxygen atoms in total. The molecule has 2 aliphatic rings. The van der Waals surface area contributed by atoms with Gasteiger partial charge in [0.15, 0.2) is 0 Å². The fourth-order valence-electron chi connectivity index (χ4n) is 2.96. The van der Waals surface area contributed by atoms with Crippen molar-refractivity contribution in [3.05, 3.63) is 0 Å². The summed E-state index contributed by atoms with van der Waals surface area (Å²) in [4.78, 5) is 4.90. The maximum absolute atomic E-state index is 5.88. The predicted molar refractivity (Wildman–Crippen MR) is 66.1 cm³/mol. The fourth-order valence-corrected chi connectivity index (χ4v) is 2.96. The van der Waals surface area contributed by atoms with Gasteiger partial charge in [0.1, 0.15) is 5.84 Å². The van der Waals surface area contributed by atoms with Crippen LogP contribution >= 0.6 is 0 Å². The molecule has 1 atom stereocenters. The van der Waals surface area contributed by atoms with Crippen molar-refractivity contribution in [1.82, 2.24) is 9.80 Å². The van der Waals surface area contributed by atoms with E-state index in [-0.39, 0.29) is 0 Å². The van der Waals surface area contributed by atoms with Gasteiger partial charge in [0, 0.05) is 6.04 Å². The zero-order valence-electron chi connectivity index (χ0n) is 10.1. The zero-order valence-corrected chi connectivity index (χ0v) is 10.1. The number of nitrogens with two attached hydrogens (primary N) is 2. The van der Waals surface area contributed by atoms with Gasteiger partial charge in [-0.1, -0.05) is 0 Å². The quantitative estimate of drug-likeness (QED) is 0.295. The van der Waals surface area contributed by atoms with Gasteiger partial charge < -0.3 is 16.5 Å². The normalized spacial score (nSPS) is 31.1. The number of nitrogens with zero attached hydrogens (tertiary/aromatic N) is 3. The number of hydrazone groups is 1. The highest BCUT2D eigenvalue weighted by Crippen LogP contribution is 2.25. The van der Waals surface area contributed by atoms with E-state index in [1.165, 1.54) is 32.4 Å². The smallest absolute Gasteiger partial charge is 0.136 e. The van der Waals surface area contributed by atoms with Gasteiger partial charge in [0.2, 0.25) is 0 Å². The standard InChI is InChI=1S/C11H23N5/c1-15-7-4-9(5-8-15)16-6-2-3-10(16)11(12)14-13/h9-10H,2-8,13H2,1H3,(H2,12,14). The van der Waals surface area contributed by atoms with Crippen LogP contribution in [0.4, 0.5) is 0 Å². The molecule has 2 fully saturated rings. The summed E-state index contributed by atoms with van der Waals surface area (Å²) in [5, 5.41) is 3.67. The SMILES string of the molecule is CN1CCC(N2CCCC2C(N)=NN)CC1. The molecular formula is C11H23N5. The Morgan fingerprint density at radius 3 is 2.50 bits per heavy atom. The second kappa shape index (κ2) is 5.01. The van der Waals surface area contributed by atoms with Crippen LogP contribution in [0.3, 0.4) is 0 Å². The van der Waals surface area contributed by atoms with Gasteiger partial charge in [-0.05, 0) is 52.4 Å². The average Bonchev–Trinajstić information content (AvgIpc) is 2.78. The summed E-state index contributed by atoms with van der Waals surface area (Å²) >= 11 is 0. The van der Waals surface area contributed by atoms with E-state index >= 15 is 0 Å². The number of hydrogen-bond donors (Lipinski definition) is 2. The molecule has 92 valence electrons. The molecule has 0 aromatic heterocycles. The summed E-state index contributed by atoms with van der Waals surface area (Å²) in [6.07, 6.45) is 4.81. The monoisotopic (exact) mass is 225 g/mol. The van der Waals surface area contributed by atoms with Gasteiger partial charge in [-0.3, -0.25) is 4.90 Å². The van der Waals surface area contributed by atoms with Crippen molar-refractivity contribution in [3.63, 3.8) is 0 Å². The summed E-state index contributed by atoms with van der Waals surface area (Å²) in [6.45, 7) is 3.52. The second-order valence-electron chi connectivity index (χ2n) is 4.98. The molecule has 4 N–H and O–H groups in total. The van der Waals surface area contributed by atoms with E-state index in [4.69, 9.17) is 11.6 Å². The summed E-state index contributed by atoms with van der Waals surface area (Å²) in [5.74, 6) is 5.90.